The van der Waals surface area contributed by atoms with Crippen LogP contribution >= 0.6 is 11.6 Å². The quantitative estimate of drug-likeness (QED) is 0.469. The van der Waals surface area contributed by atoms with Gasteiger partial charge in [-0.25, -0.2) is 0 Å². The lowest BCUT2D eigenvalue weighted by Crippen LogP contribution is -2.48. The number of rotatable bonds is 4. The van der Waals surface area contributed by atoms with E-state index in [-0.39, 0.29) is 45.9 Å². The van der Waals surface area contributed by atoms with E-state index in [0.717, 1.165) is 18.8 Å². The number of benzene rings is 3. The highest BCUT2D eigenvalue weighted by Gasteiger charge is 2.30. The third-order valence-corrected chi connectivity index (χ3v) is 6.55. The van der Waals surface area contributed by atoms with Gasteiger partial charge < -0.3 is 15.3 Å². The molecule has 1 aliphatic heterocycles. The molecule has 0 radical (unpaired) electrons. The molecule has 172 valence electrons. The van der Waals surface area contributed by atoms with Gasteiger partial charge in [-0.3, -0.25) is 19.3 Å². The molecule has 1 aliphatic carbocycles. The summed E-state index contributed by atoms with van der Waals surface area (Å²) in [6.45, 7) is 3.11. The molecule has 3 aromatic carbocycles. The Labute approximate surface area is 201 Å². The van der Waals surface area contributed by atoms with Crippen LogP contribution in [0.15, 0.2) is 60.7 Å². The first-order valence-electron chi connectivity index (χ1n) is 11.0. The molecular weight excluding hydrogens is 454 g/mol. The van der Waals surface area contributed by atoms with Crippen LogP contribution in [0.1, 0.15) is 31.8 Å². The molecule has 7 nitrogen and oxygen atoms in total. The zero-order chi connectivity index (χ0) is 23.8. The molecule has 1 fully saturated rings. The van der Waals surface area contributed by atoms with Gasteiger partial charge in [-0.1, -0.05) is 35.9 Å². The minimum Gasteiger partial charge on any atom is -0.508 e. The number of nitrogens with one attached hydrogen (secondary N) is 1. The predicted molar refractivity (Wildman–Crippen MR) is 130 cm³/mol. The van der Waals surface area contributed by atoms with E-state index in [1.54, 1.807) is 36.4 Å². The van der Waals surface area contributed by atoms with Crippen molar-refractivity contribution in [1.82, 2.24) is 4.90 Å². The van der Waals surface area contributed by atoms with Crippen molar-refractivity contribution in [3.8, 4) is 5.75 Å². The van der Waals surface area contributed by atoms with E-state index in [1.165, 1.54) is 12.1 Å². The van der Waals surface area contributed by atoms with Crippen LogP contribution in [0.25, 0.3) is 0 Å². The van der Waals surface area contributed by atoms with Gasteiger partial charge in [0.15, 0.2) is 11.6 Å². The number of halogens is 1. The van der Waals surface area contributed by atoms with Gasteiger partial charge in [0.2, 0.25) is 5.91 Å². The number of anilines is 2. The fourth-order valence-corrected chi connectivity index (χ4v) is 4.65. The maximum Gasteiger partial charge on any atom is 0.238 e. The van der Waals surface area contributed by atoms with E-state index in [0.29, 0.717) is 29.9 Å². The summed E-state index contributed by atoms with van der Waals surface area (Å²) in [6.07, 6.45) is 0. The molecule has 2 N–H and O–H groups in total. The summed E-state index contributed by atoms with van der Waals surface area (Å²) >= 11 is 6.37. The Morgan fingerprint density at radius 1 is 0.853 bits per heavy atom. The van der Waals surface area contributed by atoms with Crippen molar-refractivity contribution in [1.29, 1.82) is 0 Å². The molecule has 0 spiro atoms. The smallest absolute Gasteiger partial charge is 0.238 e. The molecule has 0 aromatic heterocycles. The summed E-state index contributed by atoms with van der Waals surface area (Å²) in [5, 5.41) is 12.5. The summed E-state index contributed by atoms with van der Waals surface area (Å²) in [5.74, 6) is -0.524. The molecule has 5 rings (SSSR count). The van der Waals surface area contributed by atoms with E-state index in [9.17, 15) is 19.5 Å². The number of hydrogen-bond acceptors (Lipinski definition) is 6. The maximum atomic E-state index is 13.0. The molecule has 0 saturated carbocycles. The van der Waals surface area contributed by atoms with Gasteiger partial charge >= 0.3 is 0 Å². The number of hydrogen-bond donors (Lipinski definition) is 2. The first-order valence-corrected chi connectivity index (χ1v) is 11.4. The molecule has 1 heterocycles. The van der Waals surface area contributed by atoms with Crippen molar-refractivity contribution in [3.05, 3.63) is 87.9 Å². The van der Waals surface area contributed by atoms with Gasteiger partial charge in [-0.2, -0.15) is 0 Å². The highest BCUT2D eigenvalue weighted by atomic mass is 35.5. The number of carbonyl (C=O) groups excluding carboxylic acids is 3. The largest absolute Gasteiger partial charge is 0.508 e. The normalized spacial score (nSPS) is 15.6. The first-order chi connectivity index (χ1) is 16.4. The highest BCUT2D eigenvalue weighted by molar-refractivity contribution is 6.36. The number of ketones is 2. The zero-order valence-corrected chi connectivity index (χ0v) is 19.0. The molecule has 1 saturated heterocycles. The standard InChI is InChI=1S/C26H22ClN3O4/c27-22-13-20-21(26(34)19-4-2-1-3-18(19)25(20)33)14-23(22)28-24(32)15-29-9-11-30(12-10-29)16-5-7-17(31)8-6-16/h1-8,13-14,31H,9-12,15H2,(H,28,32). The number of aromatic hydroxyl groups is 1. The third kappa shape index (κ3) is 4.16. The third-order valence-electron chi connectivity index (χ3n) is 6.24. The molecule has 8 heteroatoms. The molecule has 0 atom stereocenters. The molecular formula is C26H22ClN3O4. The molecule has 34 heavy (non-hydrogen) atoms. The summed E-state index contributed by atoms with van der Waals surface area (Å²) < 4.78 is 0. The topological polar surface area (TPSA) is 89.9 Å². The summed E-state index contributed by atoms with van der Waals surface area (Å²) in [7, 11) is 0. The van der Waals surface area contributed by atoms with E-state index in [4.69, 9.17) is 11.6 Å². The molecule has 3 aromatic rings. The monoisotopic (exact) mass is 475 g/mol. The summed E-state index contributed by atoms with van der Waals surface area (Å²) in [4.78, 5) is 42.8. The number of phenolic OH excluding ortho intramolecular Hbond substituents is 1. The number of fused-ring (bicyclic) bond motifs is 2. The van der Waals surface area contributed by atoms with E-state index in [2.05, 4.69) is 10.2 Å². The Morgan fingerprint density at radius 2 is 1.44 bits per heavy atom. The van der Waals surface area contributed by atoms with Crippen LogP contribution in [0.5, 0.6) is 5.75 Å². The van der Waals surface area contributed by atoms with Gasteiger partial charge in [0.25, 0.3) is 0 Å². The van der Waals surface area contributed by atoms with Crippen molar-refractivity contribution in [2.45, 2.75) is 0 Å². The minimum absolute atomic E-state index is 0.187. The number of phenols is 1. The lowest BCUT2D eigenvalue weighted by molar-refractivity contribution is -0.117. The summed E-state index contributed by atoms with van der Waals surface area (Å²) in [5.41, 5.74) is 2.55. The Balaban J connectivity index is 1.25. The van der Waals surface area contributed by atoms with Crippen LogP contribution in [0.2, 0.25) is 5.02 Å². The number of piperazine rings is 1. The second-order valence-electron chi connectivity index (χ2n) is 8.41. The fourth-order valence-electron chi connectivity index (χ4n) is 4.43. The SMILES string of the molecule is O=C(CN1CCN(c2ccc(O)cc2)CC1)Nc1cc2c(cc1Cl)C(=O)c1ccccc1C2=O. The van der Waals surface area contributed by atoms with Gasteiger partial charge in [0.05, 0.1) is 17.3 Å². The van der Waals surface area contributed by atoms with Crippen LogP contribution in [0.3, 0.4) is 0 Å². The molecule has 0 bridgehead atoms. The van der Waals surface area contributed by atoms with Crippen molar-refractivity contribution in [2.24, 2.45) is 0 Å². The lowest BCUT2D eigenvalue weighted by Gasteiger charge is -2.35. The van der Waals surface area contributed by atoms with Gasteiger partial charge in [0.1, 0.15) is 5.75 Å². The van der Waals surface area contributed by atoms with Crippen LogP contribution in [0.4, 0.5) is 11.4 Å². The van der Waals surface area contributed by atoms with Crippen LogP contribution in [-0.4, -0.2) is 60.2 Å². The lowest BCUT2D eigenvalue weighted by atomic mass is 9.84. The second kappa shape index (κ2) is 8.93. The number of carbonyl (C=O) groups is 3. The van der Waals surface area contributed by atoms with Crippen molar-refractivity contribution in [3.63, 3.8) is 0 Å². The van der Waals surface area contributed by atoms with Crippen molar-refractivity contribution >= 4 is 40.4 Å². The van der Waals surface area contributed by atoms with Gasteiger partial charge in [-0.05, 0) is 36.4 Å². The average molecular weight is 476 g/mol. The molecule has 1 amide bonds. The van der Waals surface area contributed by atoms with E-state index >= 15 is 0 Å². The molecule has 0 unspecified atom stereocenters. The van der Waals surface area contributed by atoms with Crippen molar-refractivity contribution in [2.75, 3.05) is 42.9 Å². The van der Waals surface area contributed by atoms with Crippen LogP contribution in [-0.2, 0) is 4.79 Å². The zero-order valence-electron chi connectivity index (χ0n) is 18.3. The van der Waals surface area contributed by atoms with Crippen LogP contribution < -0.4 is 10.2 Å². The first kappa shape index (κ1) is 22.1. The Bertz CT molecular complexity index is 1300. The second-order valence-corrected chi connectivity index (χ2v) is 8.82. The van der Waals surface area contributed by atoms with Gasteiger partial charge in [-0.15, -0.1) is 0 Å². The van der Waals surface area contributed by atoms with E-state index < -0.39 is 0 Å². The van der Waals surface area contributed by atoms with Crippen LogP contribution in [0, 0.1) is 0 Å². The highest BCUT2D eigenvalue weighted by Crippen LogP contribution is 2.33. The Morgan fingerprint density at radius 3 is 2.06 bits per heavy atom. The van der Waals surface area contributed by atoms with Gasteiger partial charge in [0, 0.05) is 54.1 Å². The average Bonchev–Trinajstić information content (AvgIpc) is 2.84. The number of nitrogens with zero attached hydrogens (tertiary/aromatic N) is 2. The maximum absolute atomic E-state index is 13.0. The molecule has 2 aliphatic rings. The fraction of sp³-hybridized carbons (Fsp3) is 0.192. The predicted octanol–water partition coefficient (Wildman–Crippen LogP) is 3.58. The number of amides is 1. The van der Waals surface area contributed by atoms with Crippen molar-refractivity contribution < 1.29 is 19.5 Å². The Kier molecular flexibility index (Phi) is 5.81. The summed E-state index contributed by atoms with van der Waals surface area (Å²) in [6, 6.07) is 16.7. The minimum atomic E-state index is -0.261. The van der Waals surface area contributed by atoms with E-state index in [1.807, 2.05) is 17.0 Å². The Hall–Kier alpha value is -3.68.